The van der Waals surface area contributed by atoms with Crippen LogP contribution in [-0.4, -0.2) is 21.8 Å². The van der Waals surface area contributed by atoms with Crippen molar-refractivity contribution in [1.82, 2.24) is 0 Å². The van der Waals surface area contributed by atoms with Gasteiger partial charge < -0.3 is 9.47 Å². The molecule has 1 heterocycles. The molecule has 0 radical (unpaired) electrons. The maximum atomic E-state index is 13.3. The minimum atomic E-state index is -0.502. The van der Waals surface area contributed by atoms with Crippen LogP contribution in [0.4, 0.5) is 11.4 Å². The number of anilines is 1. The smallest absolute Gasteiger partial charge is 0.271 e. The Morgan fingerprint density at radius 1 is 1.05 bits per heavy atom. The number of nitrogens with zero attached hydrogens (tertiary/aromatic N) is 2. The van der Waals surface area contributed by atoms with Gasteiger partial charge >= 0.3 is 0 Å². The third-order valence-electron chi connectivity index (χ3n) is 5.97. The summed E-state index contributed by atoms with van der Waals surface area (Å²) in [6.45, 7) is 2.72. The van der Waals surface area contributed by atoms with Crippen LogP contribution in [-0.2, 0) is 11.4 Å². The number of fused-ring (bicyclic) bond motifs is 1. The van der Waals surface area contributed by atoms with Gasteiger partial charge in [-0.05, 0) is 75.7 Å². The predicted molar refractivity (Wildman–Crippen MR) is 167 cm³/mol. The first-order valence-electron chi connectivity index (χ1n) is 11.9. The van der Waals surface area contributed by atoms with Crippen LogP contribution in [0.2, 0.25) is 0 Å². The van der Waals surface area contributed by atoms with Crippen LogP contribution in [0.3, 0.4) is 0 Å². The van der Waals surface area contributed by atoms with Crippen molar-refractivity contribution in [3.05, 3.63) is 109 Å². The van der Waals surface area contributed by atoms with E-state index in [1.54, 1.807) is 12.1 Å². The molecule has 196 valence electrons. The van der Waals surface area contributed by atoms with Crippen molar-refractivity contribution in [2.75, 3.05) is 11.5 Å². The Hall–Kier alpha value is -3.48. The Morgan fingerprint density at radius 2 is 1.82 bits per heavy atom. The molecule has 0 aromatic heterocycles. The van der Waals surface area contributed by atoms with Crippen LogP contribution in [0.15, 0.2) is 83.8 Å². The summed E-state index contributed by atoms with van der Waals surface area (Å²) >= 11 is 8.79. The lowest BCUT2D eigenvalue weighted by Crippen LogP contribution is -2.27. The number of halogens is 1. The van der Waals surface area contributed by atoms with E-state index < -0.39 is 4.92 Å². The molecular weight excluding hydrogens is 647 g/mol. The van der Waals surface area contributed by atoms with Gasteiger partial charge in [0.2, 0.25) is 0 Å². The molecule has 0 aliphatic carbocycles. The van der Waals surface area contributed by atoms with E-state index in [0.717, 1.165) is 37.2 Å². The van der Waals surface area contributed by atoms with Gasteiger partial charge in [-0.1, -0.05) is 72.5 Å². The predicted octanol–water partition coefficient (Wildman–Crippen LogP) is 7.74. The maximum absolute atomic E-state index is 13.3. The molecule has 7 nitrogen and oxygen atoms in total. The molecule has 0 unspecified atom stereocenters. The van der Waals surface area contributed by atoms with E-state index in [1.165, 1.54) is 23.1 Å². The summed E-state index contributed by atoms with van der Waals surface area (Å²) < 4.78 is 13.3. The molecule has 0 N–H and O–H groups in total. The first-order valence-corrected chi connectivity index (χ1v) is 14.2. The standard InChI is InChI=1S/C29H21IN2O5S2/c1-2-36-25-14-18(13-24(30)27(25)37-17-20-9-5-8-19-7-3-4-12-23(19)20)15-26-28(33)31(29(38)39-26)21-10-6-11-22(16-21)32(34)35/h3-16H,2,17H2,1H3/b26-15-. The number of hydrogen-bond acceptors (Lipinski definition) is 7. The summed E-state index contributed by atoms with van der Waals surface area (Å²) in [6.07, 6.45) is 1.75. The van der Waals surface area contributed by atoms with E-state index in [2.05, 4.69) is 40.8 Å². The highest BCUT2D eigenvalue weighted by Gasteiger charge is 2.34. The number of nitro benzene ring substituents is 1. The molecule has 1 aliphatic rings. The third-order valence-corrected chi connectivity index (χ3v) is 8.08. The lowest BCUT2D eigenvalue weighted by molar-refractivity contribution is -0.384. The number of hydrogen-bond donors (Lipinski definition) is 0. The molecule has 0 saturated carbocycles. The zero-order valence-electron chi connectivity index (χ0n) is 20.6. The topological polar surface area (TPSA) is 81.9 Å². The number of non-ortho nitro benzene ring substituents is 1. The number of ether oxygens (including phenoxy) is 2. The molecule has 1 fully saturated rings. The molecule has 1 amide bonds. The number of thiocarbonyl (C=S) groups is 1. The lowest BCUT2D eigenvalue weighted by atomic mass is 10.1. The summed E-state index contributed by atoms with van der Waals surface area (Å²) in [5, 5.41) is 13.5. The highest BCUT2D eigenvalue weighted by Crippen LogP contribution is 2.40. The molecule has 0 atom stereocenters. The fraction of sp³-hybridized carbons (Fsp3) is 0.103. The van der Waals surface area contributed by atoms with E-state index >= 15 is 0 Å². The molecule has 4 aromatic rings. The molecule has 0 bridgehead atoms. The van der Waals surface area contributed by atoms with Crippen molar-refractivity contribution in [3.8, 4) is 11.5 Å². The van der Waals surface area contributed by atoms with Gasteiger partial charge in [-0.25, -0.2) is 0 Å². The number of benzene rings is 4. The quantitative estimate of drug-likeness (QED) is 0.0625. The van der Waals surface area contributed by atoms with Crippen molar-refractivity contribution in [3.63, 3.8) is 0 Å². The number of rotatable bonds is 8. The van der Waals surface area contributed by atoms with Crippen molar-refractivity contribution in [1.29, 1.82) is 0 Å². The van der Waals surface area contributed by atoms with E-state index in [9.17, 15) is 14.9 Å². The number of amides is 1. The average Bonchev–Trinajstić information content (AvgIpc) is 3.20. The van der Waals surface area contributed by atoms with Gasteiger partial charge in [0.05, 0.1) is 25.7 Å². The monoisotopic (exact) mass is 668 g/mol. The number of thioether (sulfide) groups is 1. The second kappa shape index (κ2) is 11.7. The Morgan fingerprint density at radius 3 is 2.62 bits per heavy atom. The summed E-state index contributed by atoms with van der Waals surface area (Å²) in [6, 6.07) is 23.9. The van der Waals surface area contributed by atoms with Crippen molar-refractivity contribution < 1.29 is 19.2 Å². The molecule has 10 heteroatoms. The van der Waals surface area contributed by atoms with Gasteiger partial charge in [0.1, 0.15) is 6.61 Å². The minimum absolute atomic E-state index is 0.111. The fourth-order valence-corrected chi connectivity index (χ4v) is 6.31. The first-order chi connectivity index (χ1) is 18.9. The number of carbonyl (C=O) groups excluding carboxylic acids is 1. The largest absolute Gasteiger partial charge is 0.490 e. The number of nitro groups is 1. The van der Waals surface area contributed by atoms with E-state index in [1.807, 2.05) is 43.3 Å². The molecule has 4 aromatic carbocycles. The minimum Gasteiger partial charge on any atom is -0.490 e. The zero-order chi connectivity index (χ0) is 27.5. The maximum Gasteiger partial charge on any atom is 0.271 e. The van der Waals surface area contributed by atoms with Gasteiger partial charge in [0.25, 0.3) is 11.6 Å². The van der Waals surface area contributed by atoms with Gasteiger partial charge in [0.15, 0.2) is 15.8 Å². The van der Waals surface area contributed by atoms with Gasteiger partial charge in [0, 0.05) is 12.1 Å². The van der Waals surface area contributed by atoms with Crippen LogP contribution in [0.1, 0.15) is 18.1 Å². The van der Waals surface area contributed by atoms with Crippen LogP contribution in [0.5, 0.6) is 11.5 Å². The molecule has 39 heavy (non-hydrogen) atoms. The molecule has 5 rings (SSSR count). The lowest BCUT2D eigenvalue weighted by Gasteiger charge is -2.16. The summed E-state index contributed by atoms with van der Waals surface area (Å²) in [7, 11) is 0. The van der Waals surface area contributed by atoms with E-state index in [-0.39, 0.29) is 11.6 Å². The Bertz CT molecular complexity index is 1650. The molecular formula is C29H21IN2O5S2. The van der Waals surface area contributed by atoms with E-state index in [0.29, 0.717) is 39.6 Å². The van der Waals surface area contributed by atoms with Crippen molar-refractivity contribution in [2.24, 2.45) is 0 Å². The second-order valence-electron chi connectivity index (χ2n) is 8.48. The summed E-state index contributed by atoms with van der Waals surface area (Å²) in [5.74, 6) is 0.867. The highest BCUT2D eigenvalue weighted by molar-refractivity contribution is 14.1. The third kappa shape index (κ3) is 5.77. The normalized spacial score (nSPS) is 14.3. The Balaban J connectivity index is 1.42. The molecule has 1 saturated heterocycles. The summed E-state index contributed by atoms with van der Waals surface area (Å²) in [4.78, 5) is 25.7. The van der Waals surface area contributed by atoms with E-state index in [4.69, 9.17) is 21.7 Å². The first kappa shape index (κ1) is 27.1. The molecule has 0 spiro atoms. The van der Waals surface area contributed by atoms with Crippen molar-refractivity contribution in [2.45, 2.75) is 13.5 Å². The van der Waals surface area contributed by atoms with Gasteiger partial charge in [-0.3, -0.25) is 19.8 Å². The number of carbonyl (C=O) groups is 1. The van der Waals surface area contributed by atoms with Crippen LogP contribution >= 0.6 is 46.6 Å². The van der Waals surface area contributed by atoms with Crippen molar-refractivity contribution >= 4 is 85.0 Å². The Labute approximate surface area is 248 Å². The second-order valence-corrected chi connectivity index (χ2v) is 11.3. The van der Waals surface area contributed by atoms with Crippen LogP contribution in [0.25, 0.3) is 16.8 Å². The Kier molecular flexibility index (Phi) is 8.15. The molecule has 1 aliphatic heterocycles. The van der Waals surface area contributed by atoms with Crippen LogP contribution in [0, 0.1) is 13.7 Å². The highest BCUT2D eigenvalue weighted by atomic mass is 127. The van der Waals surface area contributed by atoms with Gasteiger partial charge in [-0.15, -0.1) is 0 Å². The summed E-state index contributed by atoms with van der Waals surface area (Å²) in [5.41, 5.74) is 2.07. The van der Waals surface area contributed by atoms with Crippen LogP contribution < -0.4 is 14.4 Å². The van der Waals surface area contributed by atoms with Gasteiger partial charge in [-0.2, -0.15) is 0 Å². The zero-order valence-corrected chi connectivity index (χ0v) is 24.4. The fourth-order valence-electron chi connectivity index (χ4n) is 4.23. The SMILES string of the molecule is CCOc1cc(/C=C2\SC(=S)N(c3cccc([N+](=O)[O-])c3)C2=O)cc(I)c1OCc1cccc2ccccc12. The average molecular weight is 669 g/mol.